The number of para-hydroxylation sites is 1. The predicted octanol–water partition coefficient (Wildman–Crippen LogP) is 3.97. The third-order valence-electron chi connectivity index (χ3n) is 3.60. The second-order valence-corrected chi connectivity index (χ2v) is 5.18. The molecular formula is C18H17FN2. The van der Waals surface area contributed by atoms with Crippen LogP contribution in [0.2, 0.25) is 0 Å². The van der Waals surface area contributed by atoms with E-state index >= 15 is 0 Å². The van der Waals surface area contributed by atoms with E-state index in [1.54, 1.807) is 19.2 Å². The Morgan fingerprint density at radius 2 is 1.90 bits per heavy atom. The van der Waals surface area contributed by atoms with Gasteiger partial charge in [0.15, 0.2) is 0 Å². The van der Waals surface area contributed by atoms with Crippen LogP contribution >= 0.6 is 0 Å². The van der Waals surface area contributed by atoms with Gasteiger partial charge in [-0.05, 0) is 35.7 Å². The van der Waals surface area contributed by atoms with Crippen molar-refractivity contribution in [2.75, 3.05) is 0 Å². The zero-order valence-electron chi connectivity index (χ0n) is 11.9. The van der Waals surface area contributed by atoms with E-state index in [-0.39, 0.29) is 5.82 Å². The zero-order chi connectivity index (χ0) is 14.7. The number of rotatable bonds is 4. The van der Waals surface area contributed by atoms with Crippen LogP contribution in [0.3, 0.4) is 0 Å². The predicted molar refractivity (Wildman–Crippen MR) is 83.4 cm³/mol. The molecule has 0 bridgehead atoms. The van der Waals surface area contributed by atoms with Crippen LogP contribution in [0.25, 0.3) is 10.9 Å². The molecule has 1 N–H and O–H groups in total. The van der Waals surface area contributed by atoms with E-state index in [2.05, 4.69) is 28.5 Å². The summed E-state index contributed by atoms with van der Waals surface area (Å²) in [5.41, 5.74) is 3.80. The first-order valence-corrected chi connectivity index (χ1v) is 7.02. The van der Waals surface area contributed by atoms with Crippen LogP contribution in [0.15, 0.2) is 54.7 Å². The molecule has 21 heavy (non-hydrogen) atoms. The number of hydrogen-bond donors (Lipinski definition) is 1. The van der Waals surface area contributed by atoms with Crippen LogP contribution in [0.4, 0.5) is 4.39 Å². The number of aryl methyl sites for hydroxylation is 1. The maximum absolute atomic E-state index is 13.5. The lowest BCUT2D eigenvalue weighted by Crippen LogP contribution is -2.13. The Bertz CT molecular complexity index is 763. The summed E-state index contributed by atoms with van der Waals surface area (Å²) < 4.78 is 13.5. The number of nitrogens with one attached hydrogen (secondary N) is 1. The van der Waals surface area contributed by atoms with Gasteiger partial charge in [-0.2, -0.15) is 0 Å². The average molecular weight is 280 g/mol. The van der Waals surface area contributed by atoms with Gasteiger partial charge in [0.25, 0.3) is 0 Å². The third kappa shape index (κ3) is 3.09. The van der Waals surface area contributed by atoms with Crippen LogP contribution in [0.5, 0.6) is 0 Å². The number of aromatic nitrogens is 1. The quantitative estimate of drug-likeness (QED) is 0.782. The minimum Gasteiger partial charge on any atom is -0.309 e. The molecule has 0 aliphatic carbocycles. The van der Waals surface area contributed by atoms with Gasteiger partial charge in [0.1, 0.15) is 5.82 Å². The molecule has 0 fully saturated rings. The fourth-order valence-electron chi connectivity index (χ4n) is 2.40. The van der Waals surface area contributed by atoms with Gasteiger partial charge in [0.05, 0.1) is 5.52 Å². The van der Waals surface area contributed by atoms with Crippen molar-refractivity contribution in [3.05, 3.63) is 77.2 Å². The highest BCUT2D eigenvalue weighted by molar-refractivity contribution is 5.81. The molecular weight excluding hydrogens is 263 g/mol. The van der Waals surface area contributed by atoms with Gasteiger partial charge in [-0.3, -0.25) is 4.98 Å². The van der Waals surface area contributed by atoms with Crippen molar-refractivity contribution in [3.8, 4) is 0 Å². The summed E-state index contributed by atoms with van der Waals surface area (Å²) in [6.45, 7) is 3.12. The second-order valence-electron chi connectivity index (χ2n) is 5.18. The third-order valence-corrected chi connectivity index (χ3v) is 3.60. The molecule has 3 rings (SSSR count). The van der Waals surface area contributed by atoms with Crippen molar-refractivity contribution in [2.45, 2.75) is 20.0 Å². The first kappa shape index (κ1) is 13.7. The summed E-state index contributed by atoms with van der Waals surface area (Å²) in [6.07, 6.45) is 1.81. The van der Waals surface area contributed by atoms with Crippen molar-refractivity contribution in [3.63, 3.8) is 0 Å². The van der Waals surface area contributed by atoms with Gasteiger partial charge in [-0.25, -0.2) is 4.39 Å². The van der Waals surface area contributed by atoms with Gasteiger partial charge in [0, 0.05) is 24.7 Å². The SMILES string of the molecule is Cc1ccc(CNCc2cccc3cccnc23)cc1F. The Morgan fingerprint density at radius 1 is 1.05 bits per heavy atom. The largest absolute Gasteiger partial charge is 0.309 e. The Hall–Kier alpha value is -2.26. The highest BCUT2D eigenvalue weighted by Crippen LogP contribution is 2.16. The zero-order valence-corrected chi connectivity index (χ0v) is 11.9. The molecule has 0 aliphatic rings. The lowest BCUT2D eigenvalue weighted by atomic mass is 10.1. The summed E-state index contributed by atoms with van der Waals surface area (Å²) in [5.74, 6) is -0.152. The first-order chi connectivity index (χ1) is 10.2. The average Bonchev–Trinajstić information content (AvgIpc) is 2.51. The number of halogens is 1. The maximum atomic E-state index is 13.5. The maximum Gasteiger partial charge on any atom is 0.126 e. The standard InChI is InChI=1S/C18H17FN2/c1-13-7-8-14(10-17(13)19)11-20-12-16-5-2-4-15-6-3-9-21-18(15)16/h2-10,20H,11-12H2,1H3. The van der Waals surface area contributed by atoms with E-state index in [1.165, 1.54) is 0 Å². The van der Waals surface area contributed by atoms with Gasteiger partial charge < -0.3 is 5.32 Å². The van der Waals surface area contributed by atoms with Crippen LogP contribution in [-0.2, 0) is 13.1 Å². The van der Waals surface area contributed by atoms with E-state index in [1.807, 2.05) is 24.3 Å². The van der Waals surface area contributed by atoms with Crippen molar-refractivity contribution >= 4 is 10.9 Å². The molecule has 0 aliphatic heterocycles. The van der Waals surface area contributed by atoms with Crippen molar-refractivity contribution in [2.24, 2.45) is 0 Å². The molecule has 0 spiro atoms. The number of nitrogens with zero attached hydrogens (tertiary/aromatic N) is 1. The van der Waals surface area contributed by atoms with Crippen molar-refractivity contribution < 1.29 is 4.39 Å². The van der Waals surface area contributed by atoms with Gasteiger partial charge in [0.2, 0.25) is 0 Å². The minimum absolute atomic E-state index is 0.152. The lowest BCUT2D eigenvalue weighted by molar-refractivity contribution is 0.611. The first-order valence-electron chi connectivity index (χ1n) is 7.02. The summed E-state index contributed by atoms with van der Waals surface area (Å²) in [7, 11) is 0. The molecule has 1 heterocycles. The van der Waals surface area contributed by atoms with Crippen LogP contribution in [-0.4, -0.2) is 4.98 Å². The second kappa shape index (κ2) is 6.02. The topological polar surface area (TPSA) is 24.9 Å². The Morgan fingerprint density at radius 3 is 2.76 bits per heavy atom. The molecule has 0 atom stereocenters. The van der Waals surface area contributed by atoms with E-state index in [0.717, 1.165) is 22.0 Å². The van der Waals surface area contributed by atoms with E-state index in [0.29, 0.717) is 18.7 Å². The van der Waals surface area contributed by atoms with Crippen LogP contribution in [0.1, 0.15) is 16.7 Å². The molecule has 3 aromatic rings. The minimum atomic E-state index is -0.152. The van der Waals surface area contributed by atoms with Crippen molar-refractivity contribution in [1.82, 2.24) is 10.3 Å². The highest BCUT2D eigenvalue weighted by Gasteiger charge is 2.02. The fourth-order valence-corrected chi connectivity index (χ4v) is 2.40. The number of hydrogen-bond acceptors (Lipinski definition) is 2. The van der Waals surface area contributed by atoms with Crippen LogP contribution in [0, 0.1) is 12.7 Å². The summed E-state index contributed by atoms with van der Waals surface area (Å²) in [4.78, 5) is 4.43. The van der Waals surface area contributed by atoms with E-state index < -0.39 is 0 Å². The Balaban J connectivity index is 1.70. The van der Waals surface area contributed by atoms with E-state index in [9.17, 15) is 4.39 Å². The molecule has 3 heteroatoms. The Kier molecular flexibility index (Phi) is 3.93. The summed E-state index contributed by atoms with van der Waals surface area (Å²) >= 11 is 0. The number of benzene rings is 2. The smallest absolute Gasteiger partial charge is 0.126 e. The van der Waals surface area contributed by atoms with Gasteiger partial charge in [-0.1, -0.05) is 36.4 Å². The monoisotopic (exact) mass is 280 g/mol. The molecule has 0 saturated carbocycles. The number of fused-ring (bicyclic) bond motifs is 1. The molecule has 0 amide bonds. The molecule has 106 valence electrons. The van der Waals surface area contributed by atoms with Gasteiger partial charge >= 0.3 is 0 Å². The molecule has 2 nitrogen and oxygen atoms in total. The van der Waals surface area contributed by atoms with Crippen molar-refractivity contribution in [1.29, 1.82) is 0 Å². The summed E-state index contributed by atoms with van der Waals surface area (Å²) in [5, 5.41) is 4.49. The van der Waals surface area contributed by atoms with Gasteiger partial charge in [-0.15, -0.1) is 0 Å². The fraction of sp³-hybridized carbons (Fsp3) is 0.167. The van der Waals surface area contributed by atoms with E-state index in [4.69, 9.17) is 0 Å². The lowest BCUT2D eigenvalue weighted by Gasteiger charge is -2.08. The normalized spacial score (nSPS) is 11.0. The van der Waals surface area contributed by atoms with Crippen LogP contribution < -0.4 is 5.32 Å². The Labute approximate surface area is 123 Å². The molecule has 0 saturated heterocycles. The highest BCUT2D eigenvalue weighted by atomic mass is 19.1. The molecule has 0 unspecified atom stereocenters. The summed E-state index contributed by atoms with van der Waals surface area (Å²) in [6, 6.07) is 15.5. The molecule has 2 aromatic carbocycles. The molecule has 0 radical (unpaired) electrons. The number of pyridine rings is 1. The molecule has 1 aromatic heterocycles.